The van der Waals surface area contributed by atoms with Gasteiger partial charge in [-0.3, -0.25) is 0 Å². The van der Waals surface area contributed by atoms with Crippen LogP contribution >= 0.6 is 11.6 Å². The monoisotopic (exact) mass is 250 g/mol. The second kappa shape index (κ2) is 4.22. The topological polar surface area (TPSA) is 55.1 Å². The molecule has 0 radical (unpaired) electrons. The van der Waals surface area contributed by atoms with Gasteiger partial charge < -0.3 is 5.11 Å². The number of benzene rings is 1. The lowest BCUT2D eigenvalue weighted by molar-refractivity contribution is 0.0697. The van der Waals surface area contributed by atoms with E-state index in [0.29, 0.717) is 0 Å². The first-order chi connectivity index (χ1) is 7.99. The van der Waals surface area contributed by atoms with Crippen molar-refractivity contribution in [3.8, 4) is 5.69 Å². The zero-order chi connectivity index (χ0) is 12.6. The van der Waals surface area contributed by atoms with Crippen LogP contribution < -0.4 is 0 Å². The third-order valence-electron chi connectivity index (χ3n) is 2.44. The van der Waals surface area contributed by atoms with Crippen LogP contribution in [0.15, 0.2) is 24.3 Å². The predicted molar refractivity (Wildman–Crippen MR) is 65.0 cm³/mol. The zero-order valence-electron chi connectivity index (χ0n) is 9.44. The summed E-state index contributed by atoms with van der Waals surface area (Å²) in [5, 5.41) is 13.4. The highest BCUT2D eigenvalue weighted by Gasteiger charge is 2.11. The Morgan fingerprint density at radius 2 is 2.06 bits per heavy atom. The number of aromatic nitrogens is 2. The Morgan fingerprint density at radius 1 is 1.35 bits per heavy atom. The minimum absolute atomic E-state index is 0.0944. The molecule has 17 heavy (non-hydrogen) atoms. The summed E-state index contributed by atoms with van der Waals surface area (Å²) in [6.45, 7) is 3.83. The number of carboxylic acids is 1. The maximum atomic E-state index is 10.8. The van der Waals surface area contributed by atoms with Gasteiger partial charge in [0.15, 0.2) is 0 Å². The van der Waals surface area contributed by atoms with Gasteiger partial charge in [0, 0.05) is 5.69 Å². The van der Waals surface area contributed by atoms with E-state index in [1.807, 2.05) is 19.9 Å². The molecule has 1 heterocycles. The maximum absolute atomic E-state index is 10.8. The van der Waals surface area contributed by atoms with Crippen LogP contribution in [0.5, 0.6) is 0 Å². The largest absolute Gasteiger partial charge is 0.478 e. The Bertz CT molecular complexity index is 590. The van der Waals surface area contributed by atoms with Crippen LogP contribution in [0.3, 0.4) is 0 Å². The number of aryl methyl sites for hydroxylation is 2. The van der Waals surface area contributed by atoms with Gasteiger partial charge in [0.2, 0.25) is 0 Å². The summed E-state index contributed by atoms with van der Waals surface area (Å²) in [6.07, 6.45) is 0. The average molecular weight is 251 g/mol. The highest BCUT2D eigenvalue weighted by molar-refractivity contribution is 6.33. The third kappa shape index (κ3) is 2.17. The number of carbonyl (C=O) groups is 1. The molecule has 0 amide bonds. The molecule has 2 rings (SSSR count). The van der Waals surface area contributed by atoms with Crippen molar-refractivity contribution in [2.24, 2.45) is 0 Å². The van der Waals surface area contributed by atoms with Crippen molar-refractivity contribution in [2.45, 2.75) is 13.8 Å². The van der Waals surface area contributed by atoms with E-state index in [1.165, 1.54) is 6.07 Å². The van der Waals surface area contributed by atoms with Gasteiger partial charge in [0.05, 0.1) is 22.0 Å². The summed E-state index contributed by atoms with van der Waals surface area (Å²) in [7, 11) is 0. The van der Waals surface area contributed by atoms with Crippen molar-refractivity contribution in [1.29, 1.82) is 0 Å². The van der Waals surface area contributed by atoms with Crippen LogP contribution in [0.2, 0.25) is 5.02 Å². The molecule has 4 nitrogen and oxygen atoms in total. The van der Waals surface area contributed by atoms with E-state index >= 15 is 0 Å². The van der Waals surface area contributed by atoms with E-state index in [0.717, 1.165) is 17.1 Å². The lowest BCUT2D eigenvalue weighted by atomic mass is 10.2. The van der Waals surface area contributed by atoms with Crippen molar-refractivity contribution in [3.05, 3.63) is 46.2 Å². The van der Waals surface area contributed by atoms with Crippen LogP contribution in [0.25, 0.3) is 5.69 Å². The Morgan fingerprint density at radius 3 is 2.53 bits per heavy atom. The maximum Gasteiger partial charge on any atom is 0.337 e. The summed E-state index contributed by atoms with van der Waals surface area (Å²) >= 11 is 5.91. The van der Waals surface area contributed by atoms with Gasteiger partial charge in [0.25, 0.3) is 0 Å². The molecule has 0 unspecified atom stereocenters. The van der Waals surface area contributed by atoms with Crippen molar-refractivity contribution >= 4 is 17.6 Å². The smallest absolute Gasteiger partial charge is 0.337 e. The molecule has 1 N–H and O–H groups in total. The standard InChI is InChI=1S/C12H11ClN2O2/c1-7-5-8(2)15(14-7)9-3-4-10(12(16)17)11(13)6-9/h3-6H,1-2H3,(H,16,17). The predicted octanol–water partition coefficient (Wildman–Crippen LogP) is 2.84. The fraction of sp³-hybridized carbons (Fsp3) is 0.167. The van der Waals surface area contributed by atoms with Crippen LogP contribution in [0, 0.1) is 13.8 Å². The molecule has 0 fully saturated rings. The lowest BCUT2D eigenvalue weighted by Crippen LogP contribution is -2.02. The number of aromatic carboxylic acids is 1. The highest BCUT2D eigenvalue weighted by atomic mass is 35.5. The summed E-state index contributed by atoms with van der Waals surface area (Å²) in [4.78, 5) is 10.8. The Balaban J connectivity index is 2.51. The molecule has 0 aliphatic carbocycles. The Hall–Kier alpha value is -1.81. The van der Waals surface area contributed by atoms with Crippen molar-refractivity contribution in [3.63, 3.8) is 0 Å². The summed E-state index contributed by atoms with van der Waals surface area (Å²) < 4.78 is 1.73. The molecular formula is C12H11ClN2O2. The fourth-order valence-corrected chi connectivity index (χ4v) is 1.96. The summed E-state index contributed by atoms with van der Waals surface area (Å²) in [5.41, 5.74) is 2.73. The Labute approximate surface area is 103 Å². The van der Waals surface area contributed by atoms with E-state index in [-0.39, 0.29) is 10.6 Å². The molecule has 0 spiro atoms. The molecule has 0 aliphatic rings. The molecule has 0 saturated heterocycles. The normalized spacial score (nSPS) is 10.5. The molecule has 0 atom stereocenters. The third-order valence-corrected chi connectivity index (χ3v) is 2.75. The second-order valence-corrected chi connectivity index (χ2v) is 4.22. The fourth-order valence-electron chi connectivity index (χ4n) is 1.70. The summed E-state index contributed by atoms with van der Waals surface area (Å²) in [6, 6.07) is 6.72. The van der Waals surface area contributed by atoms with Crippen LogP contribution in [-0.2, 0) is 0 Å². The van der Waals surface area contributed by atoms with E-state index in [9.17, 15) is 4.79 Å². The summed E-state index contributed by atoms with van der Waals surface area (Å²) in [5.74, 6) is -1.03. The van der Waals surface area contributed by atoms with Gasteiger partial charge in [-0.15, -0.1) is 0 Å². The Kier molecular flexibility index (Phi) is 2.90. The number of nitrogens with zero attached hydrogens (tertiary/aromatic N) is 2. The molecule has 1 aromatic carbocycles. The second-order valence-electron chi connectivity index (χ2n) is 3.81. The molecule has 1 aromatic heterocycles. The number of rotatable bonds is 2. The van der Waals surface area contributed by atoms with Crippen molar-refractivity contribution < 1.29 is 9.90 Å². The lowest BCUT2D eigenvalue weighted by Gasteiger charge is -2.06. The van der Waals surface area contributed by atoms with Gasteiger partial charge in [-0.2, -0.15) is 5.10 Å². The van der Waals surface area contributed by atoms with Crippen molar-refractivity contribution in [1.82, 2.24) is 9.78 Å². The molecular weight excluding hydrogens is 240 g/mol. The number of halogens is 1. The zero-order valence-corrected chi connectivity index (χ0v) is 10.2. The van der Waals surface area contributed by atoms with E-state index in [2.05, 4.69) is 5.10 Å². The van der Waals surface area contributed by atoms with Gasteiger partial charge in [-0.1, -0.05) is 11.6 Å². The molecule has 0 saturated carbocycles. The van der Waals surface area contributed by atoms with Crippen molar-refractivity contribution in [2.75, 3.05) is 0 Å². The van der Waals surface area contributed by atoms with Crippen LogP contribution in [0.1, 0.15) is 21.7 Å². The molecule has 88 valence electrons. The minimum Gasteiger partial charge on any atom is -0.478 e. The van der Waals surface area contributed by atoms with Gasteiger partial charge >= 0.3 is 5.97 Å². The van der Waals surface area contributed by atoms with E-state index in [4.69, 9.17) is 16.7 Å². The average Bonchev–Trinajstić information content (AvgIpc) is 2.57. The molecule has 0 aliphatic heterocycles. The van der Waals surface area contributed by atoms with E-state index in [1.54, 1.807) is 16.8 Å². The quantitative estimate of drug-likeness (QED) is 0.892. The first-order valence-electron chi connectivity index (χ1n) is 5.05. The number of hydrogen-bond acceptors (Lipinski definition) is 2. The number of hydrogen-bond donors (Lipinski definition) is 1. The number of carboxylic acid groups (broad SMARTS) is 1. The van der Waals surface area contributed by atoms with E-state index < -0.39 is 5.97 Å². The van der Waals surface area contributed by atoms with Crippen LogP contribution in [-0.4, -0.2) is 20.9 Å². The minimum atomic E-state index is -1.03. The first-order valence-corrected chi connectivity index (χ1v) is 5.43. The van der Waals surface area contributed by atoms with Gasteiger partial charge in [-0.05, 0) is 38.1 Å². The molecule has 2 aromatic rings. The van der Waals surface area contributed by atoms with Crippen LogP contribution in [0.4, 0.5) is 0 Å². The molecule has 0 bridgehead atoms. The SMILES string of the molecule is Cc1cc(C)n(-c2ccc(C(=O)O)c(Cl)c2)n1. The highest BCUT2D eigenvalue weighted by Crippen LogP contribution is 2.21. The first kappa shape index (κ1) is 11.7. The molecule has 5 heteroatoms. The van der Waals surface area contributed by atoms with Gasteiger partial charge in [0.1, 0.15) is 0 Å². The van der Waals surface area contributed by atoms with Gasteiger partial charge in [-0.25, -0.2) is 9.48 Å².